The first kappa shape index (κ1) is 24.3. The molecule has 0 amide bonds. The van der Waals surface area contributed by atoms with Gasteiger partial charge in [0.25, 0.3) is 0 Å². The van der Waals surface area contributed by atoms with E-state index in [0.717, 1.165) is 0 Å². The van der Waals surface area contributed by atoms with Crippen LogP contribution >= 0.6 is 0 Å². The molecule has 0 N–H and O–H groups in total. The highest BCUT2D eigenvalue weighted by Crippen LogP contribution is 2.39. The molecule has 8 aromatic rings. The normalized spacial score (nSPS) is 11.3. The van der Waals surface area contributed by atoms with Crippen LogP contribution in [0.1, 0.15) is 0 Å². The Hall–Kier alpha value is -5.46. The molecule has 0 fully saturated rings. The van der Waals surface area contributed by atoms with Gasteiger partial charge in [-0.2, -0.15) is 0 Å². The van der Waals surface area contributed by atoms with E-state index in [4.69, 9.17) is 0 Å². The van der Waals surface area contributed by atoms with Gasteiger partial charge in [-0.15, -0.1) is 0 Å². The van der Waals surface area contributed by atoms with Crippen LogP contribution in [0.5, 0.6) is 0 Å². The van der Waals surface area contributed by atoms with Crippen molar-refractivity contribution in [1.82, 2.24) is 0 Å². The van der Waals surface area contributed by atoms with Crippen LogP contribution in [0.4, 0.5) is 0 Å². The van der Waals surface area contributed by atoms with Crippen molar-refractivity contribution in [3.05, 3.63) is 170 Å². The maximum atomic E-state index is 2.37. The molecule has 0 aliphatic rings. The first-order valence-corrected chi connectivity index (χ1v) is 14.5. The van der Waals surface area contributed by atoms with Crippen LogP contribution in [0.15, 0.2) is 170 Å². The lowest BCUT2D eigenvalue weighted by molar-refractivity contribution is 1.60. The Morgan fingerprint density at radius 2 is 0.690 bits per heavy atom. The van der Waals surface area contributed by atoms with E-state index in [1.807, 2.05) is 0 Å². The molecule has 0 aliphatic heterocycles. The molecule has 0 heteroatoms. The molecule has 8 aromatic carbocycles. The molecule has 0 aromatic heterocycles. The zero-order valence-electron chi connectivity index (χ0n) is 23.2. The van der Waals surface area contributed by atoms with E-state index in [1.165, 1.54) is 76.8 Å². The summed E-state index contributed by atoms with van der Waals surface area (Å²) in [5, 5.41) is 7.62. The van der Waals surface area contributed by atoms with Crippen molar-refractivity contribution in [2.45, 2.75) is 0 Å². The summed E-state index contributed by atoms with van der Waals surface area (Å²) in [5.74, 6) is 0. The molecule has 0 saturated carbocycles. The number of benzene rings is 8. The molecule has 0 heterocycles. The molecule has 8 rings (SSSR count). The highest BCUT2D eigenvalue weighted by Gasteiger charge is 2.12. The van der Waals surface area contributed by atoms with Gasteiger partial charge in [-0.1, -0.05) is 146 Å². The third kappa shape index (κ3) is 4.35. The largest absolute Gasteiger partial charge is 0.0622 e. The van der Waals surface area contributed by atoms with E-state index in [1.54, 1.807) is 0 Å². The Kier molecular flexibility index (Phi) is 5.90. The van der Waals surface area contributed by atoms with Crippen LogP contribution in [0, 0.1) is 0 Å². The lowest BCUT2D eigenvalue weighted by atomic mass is 9.89. The lowest BCUT2D eigenvalue weighted by Crippen LogP contribution is -1.88. The van der Waals surface area contributed by atoms with Gasteiger partial charge in [-0.3, -0.25) is 0 Å². The standard InChI is InChI=1S/C42H28/c1-3-9-29(10-4-1)31-15-17-32(18-16-31)37-22-24-40-39-23-21-36(35-20-19-30-11-7-8-14-34(30)25-35)26-38(39)28-41(42(40)27-37)33-12-5-2-6-13-33/h1-28H. The molecule has 0 bridgehead atoms. The molecule has 0 saturated heterocycles. The summed E-state index contributed by atoms with van der Waals surface area (Å²) in [6, 6.07) is 61.8. The molecular weight excluding hydrogens is 504 g/mol. The molecule has 0 nitrogen and oxygen atoms in total. The van der Waals surface area contributed by atoms with E-state index in [2.05, 4.69) is 170 Å². The molecule has 0 unspecified atom stereocenters. The quantitative estimate of drug-likeness (QED) is 0.198. The van der Waals surface area contributed by atoms with Crippen molar-refractivity contribution < 1.29 is 0 Å². The second-order valence-electron chi connectivity index (χ2n) is 11.0. The minimum absolute atomic E-state index is 1.22. The van der Waals surface area contributed by atoms with Crippen LogP contribution in [-0.2, 0) is 0 Å². The maximum Gasteiger partial charge on any atom is -0.00928 e. The van der Waals surface area contributed by atoms with Gasteiger partial charge in [0.1, 0.15) is 0 Å². The Bertz CT molecular complexity index is 2210. The summed E-state index contributed by atoms with van der Waals surface area (Å²) in [4.78, 5) is 0. The molecule has 0 aliphatic carbocycles. The van der Waals surface area contributed by atoms with Gasteiger partial charge >= 0.3 is 0 Å². The Labute approximate surface area is 246 Å². The van der Waals surface area contributed by atoms with Gasteiger partial charge in [0.2, 0.25) is 0 Å². The van der Waals surface area contributed by atoms with Gasteiger partial charge < -0.3 is 0 Å². The minimum Gasteiger partial charge on any atom is -0.0622 e. The lowest BCUT2D eigenvalue weighted by Gasteiger charge is -2.14. The van der Waals surface area contributed by atoms with Crippen molar-refractivity contribution in [3.8, 4) is 44.5 Å². The highest BCUT2D eigenvalue weighted by atomic mass is 14.2. The predicted octanol–water partition coefficient (Wildman–Crippen LogP) is 11.8. The van der Waals surface area contributed by atoms with Crippen LogP contribution in [0.3, 0.4) is 0 Å². The fourth-order valence-corrected chi connectivity index (χ4v) is 6.23. The van der Waals surface area contributed by atoms with Gasteiger partial charge in [0, 0.05) is 0 Å². The Morgan fingerprint density at radius 3 is 1.40 bits per heavy atom. The van der Waals surface area contributed by atoms with Crippen molar-refractivity contribution >= 4 is 32.3 Å². The first-order valence-electron chi connectivity index (χ1n) is 14.5. The van der Waals surface area contributed by atoms with Crippen molar-refractivity contribution in [2.75, 3.05) is 0 Å². The smallest absolute Gasteiger partial charge is 0.00928 e. The average Bonchev–Trinajstić information content (AvgIpc) is 3.08. The van der Waals surface area contributed by atoms with Crippen molar-refractivity contribution in [3.63, 3.8) is 0 Å². The van der Waals surface area contributed by atoms with Gasteiger partial charge in [0.05, 0.1) is 0 Å². The van der Waals surface area contributed by atoms with E-state index >= 15 is 0 Å². The van der Waals surface area contributed by atoms with E-state index in [9.17, 15) is 0 Å². The molecule has 42 heavy (non-hydrogen) atoms. The molecular formula is C42H28. The topological polar surface area (TPSA) is 0 Å². The molecule has 196 valence electrons. The van der Waals surface area contributed by atoms with Gasteiger partial charge in [0.15, 0.2) is 0 Å². The fourth-order valence-electron chi connectivity index (χ4n) is 6.23. The van der Waals surface area contributed by atoms with Gasteiger partial charge in [-0.05, 0) is 101 Å². The summed E-state index contributed by atoms with van der Waals surface area (Å²) in [6.07, 6.45) is 0. The number of hydrogen-bond donors (Lipinski definition) is 0. The van der Waals surface area contributed by atoms with E-state index in [0.29, 0.717) is 0 Å². The second-order valence-corrected chi connectivity index (χ2v) is 11.0. The fraction of sp³-hybridized carbons (Fsp3) is 0. The third-order valence-corrected chi connectivity index (χ3v) is 8.44. The van der Waals surface area contributed by atoms with E-state index < -0.39 is 0 Å². The summed E-state index contributed by atoms with van der Waals surface area (Å²) < 4.78 is 0. The van der Waals surface area contributed by atoms with Crippen LogP contribution in [0.25, 0.3) is 76.8 Å². The third-order valence-electron chi connectivity index (χ3n) is 8.44. The zero-order chi connectivity index (χ0) is 27.9. The number of hydrogen-bond acceptors (Lipinski definition) is 0. The van der Waals surface area contributed by atoms with Gasteiger partial charge in [-0.25, -0.2) is 0 Å². The van der Waals surface area contributed by atoms with Crippen LogP contribution < -0.4 is 0 Å². The summed E-state index contributed by atoms with van der Waals surface area (Å²) >= 11 is 0. The first-order chi connectivity index (χ1) is 20.8. The average molecular weight is 533 g/mol. The molecule has 0 radical (unpaired) electrons. The highest BCUT2D eigenvalue weighted by molar-refractivity contribution is 6.15. The molecule has 0 atom stereocenters. The second kappa shape index (κ2) is 10.2. The van der Waals surface area contributed by atoms with Crippen molar-refractivity contribution in [2.24, 2.45) is 0 Å². The number of fused-ring (bicyclic) bond motifs is 4. The maximum absolute atomic E-state index is 2.37. The van der Waals surface area contributed by atoms with Crippen molar-refractivity contribution in [1.29, 1.82) is 0 Å². The Balaban J connectivity index is 1.28. The summed E-state index contributed by atoms with van der Waals surface area (Å²) in [7, 11) is 0. The zero-order valence-corrected chi connectivity index (χ0v) is 23.2. The summed E-state index contributed by atoms with van der Waals surface area (Å²) in [5.41, 5.74) is 9.90. The SMILES string of the molecule is c1ccc(-c2ccc(-c3ccc4c(c3)c(-c3ccccc3)cc3cc(-c5ccc6ccccc6c5)ccc34)cc2)cc1. The summed E-state index contributed by atoms with van der Waals surface area (Å²) in [6.45, 7) is 0. The minimum atomic E-state index is 1.22. The van der Waals surface area contributed by atoms with Crippen LogP contribution in [-0.4, -0.2) is 0 Å². The number of rotatable bonds is 4. The predicted molar refractivity (Wildman–Crippen MR) is 181 cm³/mol. The van der Waals surface area contributed by atoms with Crippen LogP contribution in [0.2, 0.25) is 0 Å². The molecule has 0 spiro atoms. The Morgan fingerprint density at radius 1 is 0.214 bits per heavy atom. The van der Waals surface area contributed by atoms with E-state index in [-0.39, 0.29) is 0 Å². The monoisotopic (exact) mass is 532 g/mol.